The number of guanidine groups is 1. The molecule has 0 aliphatic carbocycles. The molecular weight excluding hydrogens is 483 g/mol. The molecule has 1 aromatic heterocycles. The van der Waals surface area contributed by atoms with Crippen molar-refractivity contribution in [3.8, 4) is 0 Å². The fraction of sp³-hybridized carbons (Fsp3) is 0.476. The maximum absolute atomic E-state index is 5.53. The molecule has 3 rings (SSSR count). The van der Waals surface area contributed by atoms with Gasteiger partial charge in [0.2, 0.25) is 0 Å². The lowest BCUT2D eigenvalue weighted by Gasteiger charge is -2.34. The predicted octanol–water partition coefficient (Wildman–Crippen LogP) is 3.72. The zero-order chi connectivity index (χ0) is 19.1. The quantitative estimate of drug-likeness (QED) is 0.351. The van der Waals surface area contributed by atoms with Crippen molar-refractivity contribution in [3.63, 3.8) is 0 Å². The first-order valence-electron chi connectivity index (χ1n) is 9.53. The molecule has 1 unspecified atom stereocenters. The van der Waals surface area contributed by atoms with E-state index in [-0.39, 0.29) is 24.0 Å². The van der Waals surface area contributed by atoms with E-state index in [1.165, 1.54) is 21.6 Å². The van der Waals surface area contributed by atoms with E-state index in [1.807, 2.05) is 18.4 Å². The largest absolute Gasteiger partial charge is 0.379 e. The van der Waals surface area contributed by atoms with Crippen LogP contribution in [0.2, 0.25) is 0 Å². The molecule has 0 radical (unpaired) electrons. The van der Waals surface area contributed by atoms with E-state index < -0.39 is 0 Å². The Kier molecular flexibility index (Phi) is 9.70. The van der Waals surface area contributed by atoms with Crippen molar-refractivity contribution in [1.29, 1.82) is 0 Å². The number of nitrogens with zero attached hydrogens (tertiary/aromatic N) is 2. The summed E-state index contributed by atoms with van der Waals surface area (Å²) in [5.74, 6) is 0.838. The lowest BCUT2D eigenvalue weighted by molar-refractivity contribution is 0.0177. The van der Waals surface area contributed by atoms with Crippen LogP contribution in [0, 0.1) is 13.8 Å². The average molecular weight is 514 g/mol. The topological polar surface area (TPSA) is 48.9 Å². The maximum Gasteiger partial charge on any atom is 0.191 e. The van der Waals surface area contributed by atoms with Crippen LogP contribution in [0.15, 0.2) is 40.7 Å². The van der Waals surface area contributed by atoms with Gasteiger partial charge in [-0.1, -0.05) is 29.8 Å². The van der Waals surface area contributed by atoms with Crippen molar-refractivity contribution in [2.45, 2.75) is 26.4 Å². The van der Waals surface area contributed by atoms with Gasteiger partial charge in [-0.05, 0) is 36.4 Å². The van der Waals surface area contributed by atoms with Crippen LogP contribution in [0.3, 0.4) is 0 Å². The molecule has 28 heavy (non-hydrogen) atoms. The Morgan fingerprint density at radius 1 is 1.21 bits per heavy atom. The number of thiophene rings is 1. The summed E-state index contributed by atoms with van der Waals surface area (Å²) in [7, 11) is 1.83. The van der Waals surface area contributed by atoms with Gasteiger partial charge in [-0.15, -0.1) is 35.3 Å². The number of nitrogens with one attached hydrogen (secondary N) is 2. The maximum atomic E-state index is 5.53. The fourth-order valence-corrected chi connectivity index (χ4v) is 4.28. The Morgan fingerprint density at radius 3 is 2.64 bits per heavy atom. The predicted molar refractivity (Wildman–Crippen MR) is 129 cm³/mol. The number of hydrogen-bond acceptors (Lipinski definition) is 4. The summed E-state index contributed by atoms with van der Waals surface area (Å²) in [4.78, 5) is 8.29. The second-order valence-electron chi connectivity index (χ2n) is 6.92. The van der Waals surface area contributed by atoms with E-state index in [1.54, 1.807) is 0 Å². The molecule has 1 atom stereocenters. The summed E-state index contributed by atoms with van der Waals surface area (Å²) in [5.41, 5.74) is 3.90. The lowest BCUT2D eigenvalue weighted by atomic mass is 10.1. The van der Waals surface area contributed by atoms with Crippen LogP contribution < -0.4 is 10.6 Å². The number of aryl methyl sites for hydroxylation is 2. The van der Waals surface area contributed by atoms with Gasteiger partial charge in [-0.2, -0.15) is 0 Å². The summed E-state index contributed by atoms with van der Waals surface area (Å²) >= 11 is 1.81. The minimum atomic E-state index is 0. The van der Waals surface area contributed by atoms with Crippen LogP contribution in [-0.2, 0) is 11.3 Å². The second-order valence-corrected chi connectivity index (χ2v) is 7.90. The molecular formula is C21H31IN4OS. The second kappa shape index (κ2) is 11.7. The normalized spacial score (nSPS) is 16.3. The third kappa shape index (κ3) is 6.43. The van der Waals surface area contributed by atoms with Crippen LogP contribution in [-0.4, -0.2) is 50.8 Å². The van der Waals surface area contributed by atoms with Crippen molar-refractivity contribution in [3.05, 3.63) is 57.3 Å². The Hall–Kier alpha value is -1.16. The first kappa shape index (κ1) is 23.1. The van der Waals surface area contributed by atoms with Gasteiger partial charge in [0.05, 0.1) is 19.3 Å². The van der Waals surface area contributed by atoms with Crippen LogP contribution in [0.5, 0.6) is 0 Å². The smallest absolute Gasteiger partial charge is 0.191 e. The zero-order valence-electron chi connectivity index (χ0n) is 16.9. The molecule has 1 saturated heterocycles. The SMILES string of the molecule is CN=C(NCc1ccc(C)cc1C)NCC(c1cccs1)N1CCOCC1.I. The van der Waals surface area contributed by atoms with Gasteiger partial charge in [0, 0.05) is 38.1 Å². The molecule has 7 heteroatoms. The van der Waals surface area contributed by atoms with E-state index in [0.717, 1.165) is 45.4 Å². The van der Waals surface area contributed by atoms with E-state index in [2.05, 4.69) is 70.1 Å². The van der Waals surface area contributed by atoms with E-state index in [9.17, 15) is 0 Å². The van der Waals surface area contributed by atoms with Crippen molar-refractivity contribution in [2.24, 2.45) is 4.99 Å². The first-order chi connectivity index (χ1) is 13.2. The lowest BCUT2D eigenvalue weighted by Crippen LogP contribution is -2.46. The number of hydrogen-bond donors (Lipinski definition) is 2. The highest BCUT2D eigenvalue weighted by atomic mass is 127. The Labute approximate surface area is 189 Å². The minimum absolute atomic E-state index is 0. The van der Waals surface area contributed by atoms with Gasteiger partial charge < -0.3 is 15.4 Å². The first-order valence-corrected chi connectivity index (χ1v) is 10.4. The average Bonchev–Trinajstić information content (AvgIpc) is 3.21. The molecule has 5 nitrogen and oxygen atoms in total. The molecule has 1 fully saturated rings. The molecule has 2 aromatic rings. The monoisotopic (exact) mass is 514 g/mol. The molecule has 1 aliphatic rings. The van der Waals surface area contributed by atoms with Crippen LogP contribution >= 0.6 is 35.3 Å². The van der Waals surface area contributed by atoms with E-state index in [0.29, 0.717) is 6.04 Å². The van der Waals surface area contributed by atoms with Gasteiger partial charge in [0.1, 0.15) is 0 Å². The van der Waals surface area contributed by atoms with Crippen LogP contribution in [0.4, 0.5) is 0 Å². The number of ether oxygens (including phenoxy) is 1. The van der Waals surface area contributed by atoms with Gasteiger partial charge in [-0.3, -0.25) is 9.89 Å². The third-order valence-corrected chi connectivity index (χ3v) is 5.96. The van der Waals surface area contributed by atoms with Gasteiger partial charge in [0.25, 0.3) is 0 Å². The van der Waals surface area contributed by atoms with Crippen molar-refractivity contribution < 1.29 is 4.74 Å². The van der Waals surface area contributed by atoms with Gasteiger partial charge in [-0.25, -0.2) is 0 Å². The number of aliphatic imine (C=N–C) groups is 1. The molecule has 0 bridgehead atoms. The highest BCUT2D eigenvalue weighted by Gasteiger charge is 2.23. The van der Waals surface area contributed by atoms with Crippen molar-refractivity contribution in [2.75, 3.05) is 39.9 Å². The molecule has 154 valence electrons. The van der Waals surface area contributed by atoms with Crippen molar-refractivity contribution >= 4 is 41.3 Å². The number of rotatable bonds is 6. The highest BCUT2D eigenvalue weighted by molar-refractivity contribution is 14.0. The summed E-state index contributed by atoms with van der Waals surface area (Å²) in [6.07, 6.45) is 0. The Bertz CT molecular complexity index is 745. The van der Waals surface area contributed by atoms with E-state index >= 15 is 0 Å². The fourth-order valence-electron chi connectivity index (χ4n) is 3.42. The molecule has 2 N–H and O–H groups in total. The molecule has 0 spiro atoms. The molecule has 0 saturated carbocycles. The Balaban J connectivity index is 0.00000280. The Morgan fingerprint density at radius 2 is 2.00 bits per heavy atom. The number of halogens is 1. The van der Waals surface area contributed by atoms with Gasteiger partial charge >= 0.3 is 0 Å². The molecule has 1 aromatic carbocycles. The van der Waals surface area contributed by atoms with Crippen molar-refractivity contribution in [1.82, 2.24) is 15.5 Å². The zero-order valence-corrected chi connectivity index (χ0v) is 20.1. The summed E-state index contributed by atoms with van der Waals surface area (Å²) in [6, 6.07) is 11.3. The third-order valence-electron chi connectivity index (χ3n) is 4.99. The van der Waals surface area contributed by atoms with Crippen LogP contribution in [0.25, 0.3) is 0 Å². The number of morpholine rings is 1. The van der Waals surface area contributed by atoms with E-state index in [4.69, 9.17) is 4.74 Å². The molecule has 2 heterocycles. The molecule has 1 aliphatic heterocycles. The van der Waals surface area contributed by atoms with Gasteiger partial charge in [0.15, 0.2) is 5.96 Å². The van der Waals surface area contributed by atoms with Crippen LogP contribution in [0.1, 0.15) is 27.6 Å². The summed E-state index contributed by atoms with van der Waals surface area (Å²) in [6.45, 7) is 9.44. The number of benzene rings is 1. The molecule has 0 amide bonds. The highest BCUT2D eigenvalue weighted by Crippen LogP contribution is 2.25. The minimum Gasteiger partial charge on any atom is -0.379 e. The summed E-state index contributed by atoms with van der Waals surface area (Å²) < 4.78 is 5.53. The summed E-state index contributed by atoms with van der Waals surface area (Å²) in [5, 5.41) is 9.12. The standard InChI is InChI=1S/C21H30N4OS.HI/c1-16-6-7-18(17(2)13-16)14-23-21(22-3)24-15-19(20-5-4-12-27-20)25-8-10-26-11-9-25;/h4-7,12-13,19H,8-11,14-15H2,1-3H3,(H2,22,23,24);1H.